The van der Waals surface area contributed by atoms with E-state index in [0.29, 0.717) is 12.5 Å². The summed E-state index contributed by atoms with van der Waals surface area (Å²) in [6.45, 7) is 4.12. The monoisotopic (exact) mass is 312 g/mol. The molecule has 4 heteroatoms. The molecule has 0 aliphatic heterocycles. The zero-order chi connectivity index (χ0) is 16.4. The van der Waals surface area contributed by atoms with Crippen molar-refractivity contribution in [3.8, 4) is 0 Å². The van der Waals surface area contributed by atoms with Crippen molar-refractivity contribution in [3.05, 3.63) is 58.9 Å². The van der Waals surface area contributed by atoms with Crippen molar-refractivity contribution in [2.24, 2.45) is 0 Å². The van der Waals surface area contributed by atoms with Crippen LogP contribution >= 0.6 is 0 Å². The molecular weight excluding hydrogens is 288 g/mol. The van der Waals surface area contributed by atoms with E-state index in [2.05, 4.69) is 16.8 Å². The van der Waals surface area contributed by atoms with E-state index in [1.165, 1.54) is 12.8 Å². The predicted molar refractivity (Wildman–Crippen MR) is 90.5 cm³/mol. The molecule has 0 bridgehead atoms. The number of aliphatic hydroxyl groups excluding tert-OH is 1. The van der Waals surface area contributed by atoms with Gasteiger partial charge in [0.05, 0.1) is 11.6 Å². The van der Waals surface area contributed by atoms with E-state index in [4.69, 9.17) is 0 Å². The van der Waals surface area contributed by atoms with Crippen molar-refractivity contribution >= 4 is 5.91 Å². The van der Waals surface area contributed by atoms with Crippen LogP contribution in [-0.2, 0) is 0 Å². The molecule has 3 rings (SSSR count). The largest absolute Gasteiger partial charge is 0.396 e. The van der Waals surface area contributed by atoms with E-state index in [-0.39, 0.29) is 18.6 Å². The fourth-order valence-electron chi connectivity index (χ4n) is 3.27. The lowest BCUT2D eigenvalue weighted by atomic mass is 10.0. The summed E-state index contributed by atoms with van der Waals surface area (Å²) in [6.07, 6.45) is 2.92. The summed E-state index contributed by atoms with van der Waals surface area (Å²) in [4.78, 5) is 12.7. The first-order valence-electron chi connectivity index (χ1n) is 8.27. The Morgan fingerprint density at radius 1 is 1.30 bits per heavy atom. The van der Waals surface area contributed by atoms with Gasteiger partial charge in [-0.05, 0) is 44.7 Å². The second-order valence-electron chi connectivity index (χ2n) is 6.33. The van der Waals surface area contributed by atoms with E-state index in [9.17, 15) is 9.90 Å². The maximum atomic E-state index is 12.7. The van der Waals surface area contributed by atoms with Crippen LogP contribution in [-0.4, -0.2) is 22.2 Å². The SMILES string of the molecule is Cc1cc(C(=O)NC(CCO)c2ccccc2)c(C)n1C1CC1. The van der Waals surface area contributed by atoms with Crippen LogP contribution in [0.15, 0.2) is 36.4 Å². The summed E-state index contributed by atoms with van der Waals surface area (Å²) < 4.78 is 2.28. The van der Waals surface area contributed by atoms with Gasteiger partial charge in [0, 0.05) is 24.0 Å². The Balaban J connectivity index is 1.81. The van der Waals surface area contributed by atoms with Gasteiger partial charge in [-0.25, -0.2) is 0 Å². The topological polar surface area (TPSA) is 54.3 Å². The predicted octanol–water partition coefficient (Wildman–Crippen LogP) is 3.29. The summed E-state index contributed by atoms with van der Waals surface area (Å²) in [5.74, 6) is -0.0627. The Hall–Kier alpha value is -2.07. The number of aliphatic hydroxyl groups is 1. The standard InChI is InChI=1S/C19H24N2O2/c1-13-12-17(14(2)21(13)16-8-9-16)19(23)20-18(10-11-22)15-6-4-3-5-7-15/h3-7,12,16,18,22H,8-11H2,1-2H3,(H,20,23). The molecule has 2 aromatic rings. The summed E-state index contributed by atoms with van der Waals surface area (Å²) in [5.41, 5.74) is 3.95. The van der Waals surface area contributed by atoms with Gasteiger partial charge in [0.15, 0.2) is 0 Å². The highest BCUT2D eigenvalue weighted by molar-refractivity contribution is 5.96. The zero-order valence-corrected chi connectivity index (χ0v) is 13.7. The molecule has 0 radical (unpaired) electrons. The molecule has 1 aromatic heterocycles. The van der Waals surface area contributed by atoms with Crippen LogP contribution < -0.4 is 5.32 Å². The van der Waals surface area contributed by atoms with Gasteiger partial charge in [0.25, 0.3) is 5.91 Å². The van der Waals surface area contributed by atoms with Crippen LogP contribution in [0.1, 0.15) is 58.7 Å². The molecule has 1 unspecified atom stereocenters. The second kappa shape index (κ2) is 6.59. The Morgan fingerprint density at radius 2 is 2.00 bits per heavy atom. The van der Waals surface area contributed by atoms with Gasteiger partial charge in [0.2, 0.25) is 0 Å². The Bertz CT molecular complexity index is 687. The number of carbonyl (C=O) groups is 1. The Kier molecular flexibility index (Phi) is 4.53. The van der Waals surface area contributed by atoms with Gasteiger partial charge < -0.3 is 15.0 Å². The van der Waals surface area contributed by atoms with E-state index < -0.39 is 0 Å². The molecule has 1 aliphatic rings. The van der Waals surface area contributed by atoms with Crippen molar-refractivity contribution in [1.29, 1.82) is 0 Å². The number of nitrogens with one attached hydrogen (secondary N) is 1. The molecule has 1 atom stereocenters. The summed E-state index contributed by atoms with van der Waals surface area (Å²) in [6, 6.07) is 12.2. The molecular formula is C19H24N2O2. The molecule has 23 heavy (non-hydrogen) atoms. The minimum atomic E-state index is -0.169. The summed E-state index contributed by atoms with van der Waals surface area (Å²) in [7, 11) is 0. The number of nitrogens with zero attached hydrogens (tertiary/aromatic N) is 1. The van der Waals surface area contributed by atoms with E-state index in [1.54, 1.807) is 0 Å². The quantitative estimate of drug-likeness (QED) is 0.860. The molecule has 122 valence electrons. The fraction of sp³-hybridized carbons (Fsp3) is 0.421. The maximum Gasteiger partial charge on any atom is 0.253 e. The molecule has 1 aromatic carbocycles. The fourth-order valence-corrected chi connectivity index (χ4v) is 3.27. The highest BCUT2D eigenvalue weighted by Gasteiger charge is 2.28. The van der Waals surface area contributed by atoms with Crippen LogP contribution in [0.2, 0.25) is 0 Å². The number of carbonyl (C=O) groups excluding carboxylic acids is 1. The first-order valence-corrected chi connectivity index (χ1v) is 8.27. The minimum absolute atomic E-state index is 0.0426. The van der Waals surface area contributed by atoms with Gasteiger partial charge in [-0.3, -0.25) is 4.79 Å². The van der Waals surface area contributed by atoms with Crippen molar-refractivity contribution in [1.82, 2.24) is 9.88 Å². The number of hydrogen-bond acceptors (Lipinski definition) is 2. The third-order valence-electron chi connectivity index (χ3n) is 4.57. The number of rotatable bonds is 6. The first-order chi connectivity index (χ1) is 11.1. The minimum Gasteiger partial charge on any atom is -0.396 e. The van der Waals surface area contributed by atoms with Crippen LogP contribution in [0.4, 0.5) is 0 Å². The third kappa shape index (κ3) is 3.32. The molecule has 4 nitrogen and oxygen atoms in total. The zero-order valence-electron chi connectivity index (χ0n) is 13.7. The molecule has 1 heterocycles. The van der Waals surface area contributed by atoms with Crippen LogP contribution in [0.5, 0.6) is 0 Å². The smallest absolute Gasteiger partial charge is 0.253 e. The molecule has 1 fully saturated rings. The van der Waals surface area contributed by atoms with E-state index >= 15 is 0 Å². The normalized spacial score (nSPS) is 15.4. The molecule has 0 saturated heterocycles. The average Bonchev–Trinajstić information content (AvgIpc) is 3.33. The summed E-state index contributed by atoms with van der Waals surface area (Å²) >= 11 is 0. The molecule has 0 spiro atoms. The molecule has 2 N–H and O–H groups in total. The van der Waals surface area contributed by atoms with E-state index in [1.807, 2.05) is 43.3 Å². The van der Waals surface area contributed by atoms with Gasteiger partial charge in [-0.15, -0.1) is 0 Å². The number of hydrogen-bond donors (Lipinski definition) is 2. The summed E-state index contributed by atoms with van der Waals surface area (Å²) in [5, 5.41) is 12.4. The van der Waals surface area contributed by atoms with Crippen molar-refractivity contribution in [3.63, 3.8) is 0 Å². The third-order valence-corrected chi connectivity index (χ3v) is 4.57. The number of benzene rings is 1. The lowest BCUT2D eigenvalue weighted by Crippen LogP contribution is -2.29. The van der Waals surface area contributed by atoms with Crippen LogP contribution in [0.3, 0.4) is 0 Å². The second-order valence-corrected chi connectivity index (χ2v) is 6.33. The number of amides is 1. The van der Waals surface area contributed by atoms with Crippen LogP contribution in [0, 0.1) is 13.8 Å². The van der Waals surface area contributed by atoms with Gasteiger partial charge in [-0.1, -0.05) is 30.3 Å². The molecule has 1 saturated carbocycles. The Labute approximate surface area is 137 Å². The van der Waals surface area contributed by atoms with Crippen molar-refractivity contribution < 1.29 is 9.90 Å². The molecule has 1 amide bonds. The van der Waals surface area contributed by atoms with Gasteiger partial charge >= 0.3 is 0 Å². The van der Waals surface area contributed by atoms with Crippen LogP contribution in [0.25, 0.3) is 0 Å². The highest BCUT2D eigenvalue weighted by atomic mass is 16.3. The maximum absolute atomic E-state index is 12.7. The Morgan fingerprint density at radius 3 is 2.61 bits per heavy atom. The lowest BCUT2D eigenvalue weighted by Gasteiger charge is -2.18. The lowest BCUT2D eigenvalue weighted by molar-refractivity contribution is 0.0929. The van der Waals surface area contributed by atoms with Crippen molar-refractivity contribution in [2.75, 3.05) is 6.61 Å². The van der Waals surface area contributed by atoms with Gasteiger partial charge in [-0.2, -0.15) is 0 Å². The highest BCUT2D eigenvalue weighted by Crippen LogP contribution is 2.38. The van der Waals surface area contributed by atoms with E-state index in [0.717, 1.165) is 22.5 Å². The van der Waals surface area contributed by atoms with Gasteiger partial charge in [0.1, 0.15) is 0 Å². The number of aryl methyl sites for hydroxylation is 1. The molecule has 1 aliphatic carbocycles. The number of aromatic nitrogens is 1. The van der Waals surface area contributed by atoms with Crippen molar-refractivity contribution in [2.45, 2.75) is 45.2 Å². The average molecular weight is 312 g/mol. The first kappa shape index (κ1) is 15.8.